The third kappa shape index (κ3) is 55.6. The number of carbonyl (C=O) groups excluding carboxylic acids is 3. The summed E-state index contributed by atoms with van der Waals surface area (Å²) in [5.74, 6) is -0.901. The third-order valence-electron chi connectivity index (χ3n) is 12.7. The van der Waals surface area contributed by atoms with Crippen molar-refractivity contribution in [1.82, 2.24) is 0 Å². The summed E-state index contributed by atoms with van der Waals surface area (Å²) < 4.78 is 16.9. The molecule has 0 amide bonds. The van der Waals surface area contributed by atoms with Gasteiger partial charge >= 0.3 is 17.9 Å². The van der Waals surface area contributed by atoms with Gasteiger partial charge in [-0.15, -0.1) is 0 Å². The van der Waals surface area contributed by atoms with E-state index in [0.29, 0.717) is 19.3 Å². The first-order chi connectivity index (χ1) is 34.0. The lowest BCUT2D eigenvalue weighted by Gasteiger charge is -2.18. The highest BCUT2D eigenvalue weighted by Crippen LogP contribution is 2.16. The van der Waals surface area contributed by atoms with E-state index >= 15 is 0 Å². The molecule has 0 N–H and O–H groups in total. The summed E-state index contributed by atoms with van der Waals surface area (Å²) in [6.07, 6.45) is 73.3. The predicted molar refractivity (Wildman–Crippen MR) is 298 cm³/mol. The maximum absolute atomic E-state index is 12.9. The summed E-state index contributed by atoms with van der Waals surface area (Å²) in [5, 5.41) is 0. The molecule has 0 bridgehead atoms. The number of rotatable bonds is 53. The largest absolute Gasteiger partial charge is 0.462 e. The number of unbranched alkanes of at least 4 members (excludes halogenated alkanes) is 30. The molecule has 6 heteroatoms. The van der Waals surface area contributed by atoms with Crippen LogP contribution in [0.15, 0.2) is 72.9 Å². The quantitative estimate of drug-likeness (QED) is 0.0262. The van der Waals surface area contributed by atoms with Gasteiger partial charge in [0.15, 0.2) is 6.10 Å². The summed E-state index contributed by atoms with van der Waals surface area (Å²) in [6.45, 7) is 6.49. The fraction of sp³-hybridized carbons (Fsp3) is 0.762. The first-order valence-corrected chi connectivity index (χ1v) is 29.4. The highest BCUT2D eigenvalue weighted by atomic mass is 16.6. The maximum Gasteiger partial charge on any atom is 0.306 e. The van der Waals surface area contributed by atoms with Gasteiger partial charge in [-0.1, -0.05) is 261 Å². The van der Waals surface area contributed by atoms with Gasteiger partial charge in [-0.05, 0) is 83.5 Å². The van der Waals surface area contributed by atoms with Crippen molar-refractivity contribution in [3.63, 3.8) is 0 Å². The van der Waals surface area contributed by atoms with Crippen molar-refractivity contribution in [2.45, 2.75) is 297 Å². The van der Waals surface area contributed by atoms with Crippen molar-refractivity contribution in [3.05, 3.63) is 72.9 Å². The zero-order valence-corrected chi connectivity index (χ0v) is 45.6. The van der Waals surface area contributed by atoms with Gasteiger partial charge in [-0.3, -0.25) is 14.4 Å². The summed E-state index contributed by atoms with van der Waals surface area (Å²) in [5.41, 5.74) is 0. The highest BCUT2D eigenvalue weighted by molar-refractivity contribution is 5.71. The van der Waals surface area contributed by atoms with Crippen LogP contribution in [0.1, 0.15) is 290 Å². The van der Waals surface area contributed by atoms with E-state index in [0.717, 1.165) is 116 Å². The second kappa shape index (κ2) is 57.4. The van der Waals surface area contributed by atoms with E-state index in [1.807, 2.05) is 0 Å². The monoisotopic (exact) mass is 963 g/mol. The molecule has 1 unspecified atom stereocenters. The van der Waals surface area contributed by atoms with E-state index in [1.165, 1.54) is 135 Å². The second-order valence-corrected chi connectivity index (χ2v) is 19.5. The molecule has 0 aromatic heterocycles. The van der Waals surface area contributed by atoms with E-state index in [1.54, 1.807) is 0 Å². The minimum Gasteiger partial charge on any atom is -0.462 e. The van der Waals surface area contributed by atoms with E-state index in [-0.39, 0.29) is 31.1 Å². The molecule has 0 saturated heterocycles. The van der Waals surface area contributed by atoms with Crippen molar-refractivity contribution < 1.29 is 28.6 Å². The topological polar surface area (TPSA) is 78.9 Å². The lowest BCUT2D eigenvalue weighted by molar-refractivity contribution is -0.167. The number of carbonyl (C=O) groups is 3. The van der Waals surface area contributed by atoms with Crippen molar-refractivity contribution in [2.75, 3.05) is 13.2 Å². The standard InChI is InChI=1S/C63H110O6/c1-4-7-10-13-16-19-22-24-26-28-30-31-33-34-36-38-41-44-47-50-53-56-62(65)68-59-60(58-67-61(64)55-52-49-46-43-40-21-18-15-12-9-6-3)69-63(66)57-54-51-48-45-42-39-37-35-32-29-27-25-23-20-17-14-11-8-5-2/h7,10,15-16,18-19,24,26,30-31,34,36,60H,4-6,8-9,11-14,17,20-23,25,27-29,32-33,35,37-59H2,1-3H3/b10-7-,18-15-,19-16-,26-24-,31-30-,36-34-. The maximum atomic E-state index is 12.9. The number of esters is 3. The summed E-state index contributed by atoms with van der Waals surface area (Å²) in [6, 6.07) is 0. The van der Waals surface area contributed by atoms with Crippen LogP contribution in [-0.4, -0.2) is 37.2 Å². The van der Waals surface area contributed by atoms with Crippen LogP contribution in [0.2, 0.25) is 0 Å². The van der Waals surface area contributed by atoms with E-state index in [4.69, 9.17) is 14.2 Å². The van der Waals surface area contributed by atoms with Crippen LogP contribution in [0.25, 0.3) is 0 Å². The molecule has 0 aliphatic carbocycles. The van der Waals surface area contributed by atoms with Gasteiger partial charge in [-0.25, -0.2) is 0 Å². The van der Waals surface area contributed by atoms with Gasteiger partial charge in [0.25, 0.3) is 0 Å². The Balaban J connectivity index is 4.34. The molecular weight excluding hydrogens is 853 g/mol. The van der Waals surface area contributed by atoms with Crippen LogP contribution in [0.4, 0.5) is 0 Å². The summed E-state index contributed by atoms with van der Waals surface area (Å²) in [4.78, 5) is 38.1. The lowest BCUT2D eigenvalue weighted by atomic mass is 10.0. The Kier molecular flexibility index (Phi) is 54.8. The minimum atomic E-state index is -0.785. The Morgan fingerprint density at radius 2 is 0.580 bits per heavy atom. The third-order valence-corrected chi connectivity index (χ3v) is 12.7. The zero-order chi connectivity index (χ0) is 50.0. The van der Waals surface area contributed by atoms with E-state index in [2.05, 4.69) is 93.7 Å². The smallest absolute Gasteiger partial charge is 0.306 e. The van der Waals surface area contributed by atoms with E-state index in [9.17, 15) is 14.4 Å². The van der Waals surface area contributed by atoms with Gasteiger partial charge in [0.1, 0.15) is 13.2 Å². The van der Waals surface area contributed by atoms with Crippen LogP contribution < -0.4 is 0 Å². The Morgan fingerprint density at radius 3 is 0.942 bits per heavy atom. The molecule has 0 rings (SSSR count). The molecule has 0 radical (unpaired) electrons. The van der Waals surface area contributed by atoms with Gasteiger partial charge in [0.05, 0.1) is 0 Å². The Morgan fingerprint density at radius 1 is 0.304 bits per heavy atom. The molecule has 0 fully saturated rings. The fourth-order valence-corrected chi connectivity index (χ4v) is 8.27. The minimum absolute atomic E-state index is 0.0840. The Labute approximate surface area is 427 Å². The molecule has 0 aliphatic heterocycles. The second-order valence-electron chi connectivity index (χ2n) is 19.5. The zero-order valence-electron chi connectivity index (χ0n) is 45.6. The number of allylic oxidation sites excluding steroid dienone is 12. The molecule has 0 heterocycles. The molecule has 0 aliphatic rings. The van der Waals surface area contributed by atoms with Crippen LogP contribution in [-0.2, 0) is 28.6 Å². The normalized spacial score (nSPS) is 12.6. The highest BCUT2D eigenvalue weighted by Gasteiger charge is 2.19. The van der Waals surface area contributed by atoms with E-state index < -0.39 is 6.10 Å². The SMILES string of the molecule is CC/C=C\C/C=C\C/C=C\C/C=C\C/C=C\CCCCCCCC(=O)OCC(COC(=O)CCCCCCC/C=C\CCCC)OC(=O)CCCCCCCCCCCCCCCCCCCCC. The molecule has 0 aromatic rings. The van der Waals surface area contributed by atoms with Gasteiger partial charge in [0.2, 0.25) is 0 Å². The van der Waals surface area contributed by atoms with Gasteiger partial charge < -0.3 is 14.2 Å². The predicted octanol–water partition coefficient (Wildman–Crippen LogP) is 19.8. The number of hydrogen-bond donors (Lipinski definition) is 0. The van der Waals surface area contributed by atoms with Crippen molar-refractivity contribution >= 4 is 17.9 Å². The number of hydrogen-bond acceptors (Lipinski definition) is 6. The summed E-state index contributed by atoms with van der Waals surface area (Å²) >= 11 is 0. The molecule has 69 heavy (non-hydrogen) atoms. The first kappa shape index (κ1) is 65.8. The van der Waals surface area contributed by atoms with Crippen molar-refractivity contribution in [1.29, 1.82) is 0 Å². The van der Waals surface area contributed by atoms with Crippen molar-refractivity contribution in [2.24, 2.45) is 0 Å². The average Bonchev–Trinajstić information content (AvgIpc) is 3.35. The van der Waals surface area contributed by atoms with Crippen LogP contribution >= 0.6 is 0 Å². The molecule has 1 atom stereocenters. The van der Waals surface area contributed by atoms with Crippen molar-refractivity contribution in [3.8, 4) is 0 Å². The fourth-order valence-electron chi connectivity index (χ4n) is 8.27. The summed E-state index contributed by atoms with van der Waals surface area (Å²) in [7, 11) is 0. The Bertz CT molecular complexity index is 1290. The first-order valence-electron chi connectivity index (χ1n) is 29.4. The lowest BCUT2D eigenvalue weighted by Crippen LogP contribution is -2.30. The number of ether oxygens (including phenoxy) is 3. The van der Waals surface area contributed by atoms with Crippen LogP contribution in [0.3, 0.4) is 0 Å². The molecule has 0 saturated carbocycles. The van der Waals surface area contributed by atoms with Gasteiger partial charge in [0, 0.05) is 19.3 Å². The molecule has 6 nitrogen and oxygen atoms in total. The van der Waals surface area contributed by atoms with Gasteiger partial charge in [-0.2, -0.15) is 0 Å². The molecular formula is C63H110O6. The molecule has 0 aromatic carbocycles. The molecule has 398 valence electrons. The molecule has 0 spiro atoms. The van der Waals surface area contributed by atoms with Crippen LogP contribution in [0, 0.1) is 0 Å². The Hall–Kier alpha value is -3.15. The average molecular weight is 964 g/mol. The van der Waals surface area contributed by atoms with Crippen LogP contribution in [0.5, 0.6) is 0 Å².